The number of nitrogens with zero attached hydrogens (tertiary/aromatic N) is 2. The summed E-state index contributed by atoms with van der Waals surface area (Å²) < 4.78 is 0. The van der Waals surface area contributed by atoms with E-state index in [4.69, 9.17) is 0 Å². The molecule has 0 spiro atoms. The number of rotatable bonds is 3. The van der Waals surface area contributed by atoms with Crippen molar-refractivity contribution in [2.24, 2.45) is 0 Å². The monoisotopic (exact) mass is 250 g/mol. The third-order valence-corrected chi connectivity index (χ3v) is 3.68. The number of benzene rings is 2. The van der Waals surface area contributed by atoms with E-state index in [0.29, 0.717) is 0 Å². The lowest BCUT2D eigenvalue weighted by molar-refractivity contribution is 0.901. The molecule has 0 amide bonds. The third-order valence-electron chi connectivity index (χ3n) is 3.68. The molecule has 96 valence electrons. The molecule has 2 nitrogen and oxygen atoms in total. The molecule has 0 radical (unpaired) electrons. The van der Waals surface area contributed by atoms with Crippen molar-refractivity contribution in [2.75, 3.05) is 0 Å². The standard InChI is InChI=1S/C17H18N2/c1-3-7-13-10-15-14-8-5-6-9-16(14)18-19-17(15)11-12(13)4-2/h5-6,8-11H,3-4,7H2,1-2H3. The predicted molar refractivity (Wildman–Crippen MR) is 80.4 cm³/mol. The van der Waals surface area contributed by atoms with Gasteiger partial charge < -0.3 is 0 Å². The van der Waals surface area contributed by atoms with Crippen LogP contribution in [0.15, 0.2) is 36.4 Å². The zero-order valence-electron chi connectivity index (χ0n) is 11.5. The first-order valence-electron chi connectivity index (χ1n) is 7.00. The fourth-order valence-corrected chi connectivity index (χ4v) is 2.70. The van der Waals surface area contributed by atoms with Gasteiger partial charge in [-0.1, -0.05) is 38.5 Å². The fraction of sp³-hybridized carbons (Fsp3) is 0.294. The Morgan fingerprint density at radius 1 is 0.842 bits per heavy atom. The maximum atomic E-state index is 4.37. The molecule has 0 N–H and O–H groups in total. The molecule has 0 fully saturated rings. The number of hydrogen-bond acceptors (Lipinski definition) is 2. The fourth-order valence-electron chi connectivity index (χ4n) is 2.70. The summed E-state index contributed by atoms with van der Waals surface area (Å²) >= 11 is 0. The SMILES string of the molecule is CCCc1cc2c(cc1CC)nnc1ccccc12. The lowest BCUT2D eigenvalue weighted by atomic mass is 9.97. The number of fused-ring (bicyclic) bond motifs is 3. The average molecular weight is 250 g/mol. The maximum Gasteiger partial charge on any atom is 0.0939 e. The van der Waals surface area contributed by atoms with Crippen LogP contribution in [0.3, 0.4) is 0 Å². The lowest BCUT2D eigenvalue weighted by Gasteiger charge is -2.10. The molecule has 19 heavy (non-hydrogen) atoms. The van der Waals surface area contributed by atoms with E-state index in [1.165, 1.54) is 28.3 Å². The molecule has 0 aliphatic heterocycles. The van der Waals surface area contributed by atoms with E-state index in [0.717, 1.165) is 23.9 Å². The van der Waals surface area contributed by atoms with Crippen LogP contribution in [0.5, 0.6) is 0 Å². The van der Waals surface area contributed by atoms with Gasteiger partial charge in [0.2, 0.25) is 0 Å². The first-order chi connectivity index (χ1) is 9.33. The Labute approximate surface area is 113 Å². The van der Waals surface area contributed by atoms with Gasteiger partial charge in [-0.2, -0.15) is 0 Å². The molecule has 0 unspecified atom stereocenters. The molecule has 1 aromatic heterocycles. The van der Waals surface area contributed by atoms with Crippen LogP contribution in [0, 0.1) is 0 Å². The minimum absolute atomic E-state index is 0.974. The van der Waals surface area contributed by atoms with Gasteiger partial charge in [0, 0.05) is 10.8 Å². The Morgan fingerprint density at radius 2 is 1.63 bits per heavy atom. The molecule has 2 aromatic carbocycles. The average Bonchev–Trinajstić information content (AvgIpc) is 2.47. The van der Waals surface area contributed by atoms with Crippen molar-refractivity contribution in [1.82, 2.24) is 10.2 Å². The highest BCUT2D eigenvalue weighted by Gasteiger charge is 2.07. The predicted octanol–water partition coefficient (Wildman–Crippen LogP) is 4.30. The summed E-state index contributed by atoms with van der Waals surface area (Å²) in [5, 5.41) is 11.1. The van der Waals surface area contributed by atoms with E-state index in [9.17, 15) is 0 Å². The Kier molecular flexibility index (Phi) is 3.16. The van der Waals surface area contributed by atoms with Crippen LogP contribution in [0.4, 0.5) is 0 Å². The summed E-state index contributed by atoms with van der Waals surface area (Å²) in [4.78, 5) is 0. The van der Waals surface area contributed by atoms with E-state index in [2.05, 4.69) is 48.3 Å². The van der Waals surface area contributed by atoms with Crippen molar-refractivity contribution in [3.8, 4) is 0 Å². The summed E-state index contributed by atoms with van der Waals surface area (Å²) in [5.74, 6) is 0. The Hall–Kier alpha value is -1.96. The Balaban J connectivity index is 2.35. The van der Waals surface area contributed by atoms with Gasteiger partial charge in [-0.15, -0.1) is 10.2 Å². The van der Waals surface area contributed by atoms with Gasteiger partial charge >= 0.3 is 0 Å². The van der Waals surface area contributed by atoms with E-state index >= 15 is 0 Å². The molecule has 2 heteroatoms. The van der Waals surface area contributed by atoms with Crippen LogP contribution in [0.2, 0.25) is 0 Å². The molecule has 0 aliphatic carbocycles. The molecule has 3 aromatic rings. The first kappa shape index (κ1) is 12.1. The molecule has 0 atom stereocenters. The minimum Gasteiger partial charge on any atom is -0.150 e. The highest BCUT2D eigenvalue weighted by atomic mass is 15.1. The summed E-state index contributed by atoms with van der Waals surface area (Å²) in [6.45, 7) is 4.43. The van der Waals surface area contributed by atoms with Gasteiger partial charge in [0.25, 0.3) is 0 Å². The summed E-state index contributed by atoms with van der Waals surface area (Å²) in [6, 6.07) is 12.8. The van der Waals surface area contributed by atoms with Crippen molar-refractivity contribution >= 4 is 21.8 Å². The smallest absolute Gasteiger partial charge is 0.0939 e. The van der Waals surface area contributed by atoms with Crippen LogP contribution < -0.4 is 0 Å². The highest BCUT2D eigenvalue weighted by molar-refractivity contribution is 6.03. The van der Waals surface area contributed by atoms with Gasteiger partial charge in [-0.3, -0.25) is 0 Å². The van der Waals surface area contributed by atoms with Gasteiger partial charge in [0.15, 0.2) is 0 Å². The number of hydrogen-bond donors (Lipinski definition) is 0. The molecule has 0 aliphatic rings. The summed E-state index contributed by atoms with van der Waals surface area (Å²) in [7, 11) is 0. The molecule has 0 bridgehead atoms. The second-order valence-corrected chi connectivity index (χ2v) is 4.96. The van der Waals surface area contributed by atoms with E-state index in [-0.39, 0.29) is 0 Å². The van der Waals surface area contributed by atoms with Gasteiger partial charge in [0.1, 0.15) is 0 Å². The van der Waals surface area contributed by atoms with Gasteiger partial charge in [0.05, 0.1) is 11.0 Å². The van der Waals surface area contributed by atoms with Crippen LogP contribution >= 0.6 is 0 Å². The third kappa shape index (κ3) is 2.07. The van der Waals surface area contributed by atoms with E-state index < -0.39 is 0 Å². The number of aromatic nitrogens is 2. The quantitative estimate of drug-likeness (QED) is 0.648. The van der Waals surface area contributed by atoms with Crippen molar-refractivity contribution in [1.29, 1.82) is 0 Å². The first-order valence-corrected chi connectivity index (χ1v) is 7.00. The molecule has 1 heterocycles. The van der Waals surface area contributed by atoms with E-state index in [1.54, 1.807) is 0 Å². The topological polar surface area (TPSA) is 25.8 Å². The molecular weight excluding hydrogens is 232 g/mol. The molecule has 0 saturated heterocycles. The normalized spacial score (nSPS) is 11.3. The van der Waals surface area contributed by atoms with Crippen molar-refractivity contribution in [2.45, 2.75) is 33.1 Å². The minimum atomic E-state index is 0.974. The zero-order chi connectivity index (χ0) is 13.2. The molecule has 0 saturated carbocycles. The largest absolute Gasteiger partial charge is 0.150 e. The summed E-state index contributed by atoms with van der Waals surface area (Å²) in [6.07, 6.45) is 3.37. The maximum absolute atomic E-state index is 4.37. The van der Waals surface area contributed by atoms with Crippen LogP contribution in [-0.4, -0.2) is 10.2 Å². The molecule has 3 rings (SSSR count). The zero-order valence-corrected chi connectivity index (χ0v) is 11.5. The summed E-state index contributed by atoms with van der Waals surface area (Å²) in [5.41, 5.74) is 4.84. The second-order valence-electron chi connectivity index (χ2n) is 4.96. The van der Waals surface area contributed by atoms with Crippen molar-refractivity contribution in [3.05, 3.63) is 47.5 Å². The van der Waals surface area contributed by atoms with Crippen LogP contribution in [0.25, 0.3) is 21.8 Å². The second kappa shape index (κ2) is 4.96. The number of aryl methyl sites for hydroxylation is 2. The Morgan fingerprint density at radius 3 is 2.42 bits per heavy atom. The van der Waals surface area contributed by atoms with Crippen molar-refractivity contribution in [3.63, 3.8) is 0 Å². The van der Waals surface area contributed by atoms with Crippen LogP contribution in [-0.2, 0) is 12.8 Å². The van der Waals surface area contributed by atoms with Crippen molar-refractivity contribution < 1.29 is 0 Å². The van der Waals surface area contributed by atoms with E-state index in [1.807, 2.05) is 12.1 Å². The van der Waals surface area contributed by atoms with Gasteiger partial charge in [-0.05, 0) is 42.2 Å². The Bertz CT molecular complexity index is 732. The molecular formula is C17H18N2. The highest BCUT2D eigenvalue weighted by Crippen LogP contribution is 2.26. The lowest BCUT2D eigenvalue weighted by Crippen LogP contribution is -1.96. The van der Waals surface area contributed by atoms with Crippen LogP contribution in [0.1, 0.15) is 31.4 Å². The van der Waals surface area contributed by atoms with Gasteiger partial charge in [-0.25, -0.2) is 0 Å².